The molecule has 2 rings (SSSR count). The van der Waals surface area contributed by atoms with Gasteiger partial charge in [-0.05, 0) is 24.1 Å². The molecule has 0 saturated carbocycles. The fourth-order valence-corrected chi connectivity index (χ4v) is 2.17. The quantitative estimate of drug-likeness (QED) is 0.774. The number of benzene rings is 1. The van der Waals surface area contributed by atoms with Crippen molar-refractivity contribution in [3.8, 4) is 0 Å². The number of carbonyl (C=O) groups excluding carboxylic acids is 1. The number of carbonyl (C=O) groups is 1. The van der Waals surface area contributed by atoms with E-state index in [1.807, 2.05) is 24.7 Å². The maximum absolute atomic E-state index is 11.4. The highest BCUT2D eigenvalue weighted by Gasteiger charge is 2.13. The highest BCUT2D eigenvalue weighted by atomic mass is 16.5. The molecule has 1 aromatic carbocycles. The summed E-state index contributed by atoms with van der Waals surface area (Å²) >= 11 is 0. The summed E-state index contributed by atoms with van der Waals surface area (Å²) < 4.78 is 6.80. The number of ether oxygens (including phenoxy) is 1. The van der Waals surface area contributed by atoms with Gasteiger partial charge in [0.05, 0.1) is 25.0 Å². The van der Waals surface area contributed by atoms with E-state index < -0.39 is 0 Å². The fraction of sp³-hybridized carbons (Fsp3) is 0.333. The molecule has 4 heteroatoms. The Labute approximate surface area is 113 Å². The lowest BCUT2D eigenvalue weighted by Gasteiger charge is -2.18. The van der Waals surface area contributed by atoms with Crippen LogP contribution in [0.2, 0.25) is 0 Å². The van der Waals surface area contributed by atoms with Crippen molar-refractivity contribution in [2.45, 2.75) is 25.8 Å². The van der Waals surface area contributed by atoms with Crippen molar-refractivity contribution < 1.29 is 9.53 Å². The van der Waals surface area contributed by atoms with E-state index in [1.165, 1.54) is 12.7 Å². The lowest BCUT2D eigenvalue weighted by Crippen LogP contribution is -2.09. The first-order chi connectivity index (χ1) is 9.26. The normalized spacial score (nSPS) is 12.1. The van der Waals surface area contributed by atoms with Crippen LogP contribution in [0.5, 0.6) is 0 Å². The van der Waals surface area contributed by atoms with Crippen LogP contribution in [-0.2, 0) is 4.74 Å². The van der Waals surface area contributed by atoms with Gasteiger partial charge in [0.1, 0.15) is 0 Å². The molecule has 4 nitrogen and oxygen atoms in total. The van der Waals surface area contributed by atoms with Crippen LogP contribution in [-0.4, -0.2) is 22.6 Å². The molecule has 2 aromatic rings. The Morgan fingerprint density at radius 3 is 2.63 bits per heavy atom. The standard InChI is InChI=1S/C15H18N2O2/c1-3-4-14(17-10-9-16-11-17)12-5-7-13(8-6-12)15(18)19-2/h5-11,14H,3-4H2,1-2H3. The third-order valence-electron chi connectivity index (χ3n) is 3.16. The maximum atomic E-state index is 11.4. The number of imidazole rings is 1. The molecule has 1 unspecified atom stereocenters. The van der Waals surface area contributed by atoms with Gasteiger partial charge in [-0.2, -0.15) is 0 Å². The molecule has 0 aliphatic carbocycles. The Hall–Kier alpha value is -2.10. The summed E-state index contributed by atoms with van der Waals surface area (Å²) in [7, 11) is 1.39. The lowest BCUT2D eigenvalue weighted by molar-refractivity contribution is 0.0600. The Bertz CT molecular complexity index is 518. The van der Waals surface area contributed by atoms with Crippen molar-refractivity contribution in [2.75, 3.05) is 7.11 Å². The van der Waals surface area contributed by atoms with Crippen LogP contribution in [0.4, 0.5) is 0 Å². The smallest absolute Gasteiger partial charge is 0.337 e. The largest absolute Gasteiger partial charge is 0.465 e. The van der Waals surface area contributed by atoms with E-state index in [1.54, 1.807) is 18.3 Å². The first-order valence-corrected chi connectivity index (χ1v) is 6.42. The molecule has 0 bridgehead atoms. The third-order valence-corrected chi connectivity index (χ3v) is 3.16. The van der Waals surface area contributed by atoms with E-state index in [9.17, 15) is 4.79 Å². The fourth-order valence-electron chi connectivity index (χ4n) is 2.17. The van der Waals surface area contributed by atoms with Gasteiger partial charge >= 0.3 is 5.97 Å². The van der Waals surface area contributed by atoms with Crippen molar-refractivity contribution in [3.63, 3.8) is 0 Å². The van der Waals surface area contributed by atoms with E-state index in [-0.39, 0.29) is 12.0 Å². The second-order valence-electron chi connectivity index (χ2n) is 4.43. The molecule has 100 valence electrons. The summed E-state index contributed by atoms with van der Waals surface area (Å²) in [5, 5.41) is 0. The lowest BCUT2D eigenvalue weighted by atomic mass is 10.0. The summed E-state index contributed by atoms with van der Waals surface area (Å²) in [5.41, 5.74) is 1.75. The minimum absolute atomic E-state index is 0.263. The number of methoxy groups -OCH3 is 1. The Morgan fingerprint density at radius 2 is 2.11 bits per heavy atom. The van der Waals surface area contributed by atoms with Gasteiger partial charge in [0, 0.05) is 12.4 Å². The van der Waals surface area contributed by atoms with Gasteiger partial charge in [-0.15, -0.1) is 0 Å². The molecule has 1 aromatic heterocycles. The topological polar surface area (TPSA) is 44.1 Å². The molecular weight excluding hydrogens is 240 g/mol. The van der Waals surface area contributed by atoms with E-state index >= 15 is 0 Å². The maximum Gasteiger partial charge on any atom is 0.337 e. The second-order valence-corrected chi connectivity index (χ2v) is 4.43. The van der Waals surface area contributed by atoms with Gasteiger partial charge < -0.3 is 9.30 Å². The van der Waals surface area contributed by atoms with Gasteiger partial charge in [0.25, 0.3) is 0 Å². The molecule has 0 saturated heterocycles. The molecule has 0 fully saturated rings. The first-order valence-electron chi connectivity index (χ1n) is 6.42. The van der Waals surface area contributed by atoms with Crippen molar-refractivity contribution in [2.24, 2.45) is 0 Å². The number of nitrogens with zero attached hydrogens (tertiary/aromatic N) is 2. The summed E-state index contributed by atoms with van der Waals surface area (Å²) in [5.74, 6) is -0.304. The average Bonchev–Trinajstić information content (AvgIpc) is 2.98. The monoisotopic (exact) mass is 258 g/mol. The highest BCUT2D eigenvalue weighted by molar-refractivity contribution is 5.89. The predicted octanol–water partition coefficient (Wildman–Crippen LogP) is 3.06. The van der Waals surface area contributed by atoms with Crippen LogP contribution < -0.4 is 0 Å². The van der Waals surface area contributed by atoms with E-state index in [2.05, 4.69) is 16.5 Å². The molecule has 1 atom stereocenters. The molecule has 0 aliphatic rings. The number of hydrogen-bond donors (Lipinski definition) is 0. The molecule has 0 N–H and O–H groups in total. The van der Waals surface area contributed by atoms with E-state index in [0.717, 1.165) is 12.8 Å². The molecule has 0 radical (unpaired) electrons. The third kappa shape index (κ3) is 3.02. The van der Waals surface area contributed by atoms with Crippen molar-refractivity contribution in [1.29, 1.82) is 0 Å². The van der Waals surface area contributed by atoms with Gasteiger partial charge in [-0.25, -0.2) is 9.78 Å². The highest BCUT2D eigenvalue weighted by Crippen LogP contribution is 2.23. The zero-order valence-electron chi connectivity index (χ0n) is 11.2. The zero-order chi connectivity index (χ0) is 13.7. The minimum atomic E-state index is -0.304. The van der Waals surface area contributed by atoms with Crippen LogP contribution in [0.25, 0.3) is 0 Å². The van der Waals surface area contributed by atoms with Crippen LogP contribution >= 0.6 is 0 Å². The molecule has 1 heterocycles. The summed E-state index contributed by atoms with van der Waals surface area (Å²) in [6.45, 7) is 2.16. The predicted molar refractivity (Wildman–Crippen MR) is 73.1 cm³/mol. The van der Waals surface area contributed by atoms with Gasteiger partial charge in [0.15, 0.2) is 0 Å². The van der Waals surface area contributed by atoms with Gasteiger partial charge in [0.2, 0.25) is 0 Å². The molecule has 0 aliphatic heterocycles. The first kappa shape index (κ1) is 13.3. The summed E-state index contributed by atoms with van der Waals surface area (Å²) in [4.78, 5) is 15.5. The Kier molecular flexibility index (Phi) is 4.34. The minimum Gasteiger partial charge on any atom is -0.465 e. The Morgan fingerprint density at radius 1 is 1.37 bits per heavy atom. The molecule has 0 amide bonds. The van der Waals surface area contributed by atoms with Crippen LogP contribution in [0.3, 0.4) is 0 Å². The molecular formula is C15H18N2O2. The number of rotatable bonds is 5. The van der Waals surface area contributed by atoms with E-state index in [0.29, 0.717) is 5.56 Å². The number of aromatic nitrogens is 2. The van der Waals surface area contributed by atoms with Crippen molar-refractivity contribution >= 4 is 5.97 Å². The second kappa shape index (κ2) is 6.18. The number of hydrogen-bond acceptors (Lipinski definition) is 3. The summed E-state index contributed by atoms with van der Waals surface area (Å²) in [6.07, 6.45) is 7.70. The zero-order valence-corrected chi connectivity index (χ0v) is 11.2. The van der Waals surface area contributed by atoms with Crippen molar-refractivity contribution in [3.05, 3.63) is 54.1 Å². The summed E-state index contributed by atoms with van der Waals surface area (Å²) in [6, 6.07) is 7.83. The van der Waals surface area contributed by atoms with E-state index in [4.69, 9.17) is 4.74 Å². The van der Waals surface area contributed by atoms with Crippen LogP contribution in [0, 0.1) is 0 Å². The SMILES string of the molecule is CCCC(c1ccc(C(=O)OC)cc1)n1ccnc1. The van der Waals surface area contributed by atoms with Crippen molar-refractivity contribution in [1.82, 2.24) is 9.55 Å². The van der Waals surface area contributed by atoms with Crippen LogP contribution in [0.15, 0.2) is 43.0 Å². The average molecular weight is 258 g/mol. The number of esters is 1. The molecule has 19 heavy (non-hydrogen) atoms. The molecule has 0 spiro atoms. The van der Waals surface area contributed by atoms with Gasteiger partial charge in [-0.1, -0.05) is 25.5 Å². The Balaban J connectivity index is 2.25. The van der Waals surface area contributed by atoms with Crippen LogP contribution in [0.1, 0.15) is 41.7 Å². The van der Waals surface area contributed by atoms with Gasteiger partial charge in [-0.3, -0.25) is 0 Å².